The van der Waals surface area contributed by atoms with Crippen LogP contribution in [0.4, 0.5) is 0 Å². The molecule has 0 aliphatic rings. The quantitative estimate of drug-likeness (QED) is 0.755. The molecule has 0 unspecified atom stereocenters. The van der Waals surface area contributed by atoms with Gasteiger partial charge in [0.25, 0.3) is 0 Å². The Balaban J connectivity index is 1.96. The Kier molecular flexibility index (Phi) is 4.08. The maximum absolute atomic E-state index is 6.17. The molecule has 108 valence electrons. The van der Waals surface area contributed by atoms with Crippen molar-refractivity contribution in [1.29, 1.82) is 0 Å². The molecule has 0 saturated heterocycles. The van der Waals surface area contributed by atoms with E-state index in [1.54, 1.807) is 6.20 Å². The van der Waals surface area contributed by atoms with Crippen molar-refractivity contribution >= 4 is 22.5 Å². The number of H-pyrrole nitrogens is 1. The summed E-state index contributed by atoms with van der Waals surface area (Å²) in [5.74, 6) is 0.716. The van der Waals surface area contributed by atoms with Crippen molar-refractivity contribution in [1.82, 2.24) is 10.2 Å². The Hall–Kier alpha value is -2.04. The second-order valence-electron chi connectivity index (χ2n) is 4.83. The number of nitrogens with two attached hydrogens (primary N) is 1. The zero-order valence-corrected chi connectivity index (χ0v) is 12.2. The predicted molar refractivity (Wildman–Crippen MR) is 84.6 cm³/mol. The minimum absolute atomic E-state index is 0.104. The van der Waals surface area contributed by atoms with Crippen LogP contribution >= 0.6 is 11.6 Å². The van der Waals surface area contributed by atoms with Gasteiger partial charge in [-0.1, -0.05) is 41.9 Å². The van der Waals surface area contributed by atoms with Gasteiger partial charge in [-0.2, -0.15) is 5.10 Å². The third-order valence-corrected chi connectivity index (χ3v) is 3.57. The molecule has 3 aromatic rings. The summed E-state index contributed by atoms with van der Waals surface area (Å²) >= 11 is 6.13. The van der Waals surface area contributed by atoms with Gasteiger partial charge in [0.15, 0.2) is 0 Å². The number of hydrogen-bond acceptors (Lipinski definition) is 3. The molecule has 0 fully saturated rings. The standard InChI is InChI=1S/C16H16ClN3O/c17-12-8-14-13(10-19-20-14)16(9-12)21-15(6-7-18)11-4-2-1-3-5-11/h1-5,8-10,15H,6-7,18H2,(H,19,20)/t15-/m1/s1. The number of aromatic nitrogens is 2. The van der Waals surface area contributed by atoms with Crippen LogP contribution in [0.3, 0.4) is 0 Å². The summed E-state index contributed by atoms with van der Waals surface area (Å²) in [6.07, 6.45) is 2.37. The second kappa shape index (κ2) is 6.16. The van der Waals surface area contributed by atoms with Crippen LogP contribution in [0.5, 0.6) is 5.75 Å². The molecule has 0 amide bonds. The van der Waals surface area contributed by atoms with E-state index in [1.165, 1.54) is 0 Å². The number of rotatable bonds is 5. The van der Waals surface area contributed by atoms with E-state index in [0.717, 1.165) is 22.9 Å². The lowest BCUT2D eigenvalue weighted by atomic mass is 10.1. The smallest absolute Gasteiger partial charge is 0.132 e. The van der Waals surface area contributed by atoms with Crippen LogP contribution in [0.25, 0.3) is 10.9 Å². The van der Waals surface area contributed by atoms with Gasteiger partial charge in [-0.25, -0.2) is 0 Å². The molecule has 21 heavy (non-hydrogen) atoms. The average Bonchev–Trinajstić information content (AvgIpc) is 2.96. The van der Waals surface area contributed by atoms with Crippen molar-refractivity contribution in [2.24, 2.45) is 5.73 Å². The number of halogens is 1. The zero-order chi connectivity index (χ0) is 14.7. The number of hydrogen-bond donors (Lipinski definition) is 2. The molecular formula is C16H16ClN3O. The lowest BCUT2D eigenvalue weighted by Crippen LogP contribution is -2.13. The summed E-state index contributed by atoms with van der Waals surface area (Å²) in [5.41, 5.74) is 7.67. The summed E-state index contributed by atoms with van der Waals surface area (Å²) < 4.78 is 6.17. The van der Waals surface area contributed by atoms with E-state index in [0.29, 0.717) is 17.3 Å². The molecule has 3 N–H and O–H groups in total. The molecule has 1 atom stereocenters. The fourth-order valence-electron chi connectivity index (χ4n) is 2.35. The Bertz CT molecular complexity index is 727. The lowest BCUT2D eigenvalue weighted by Gasteiger charge is -2.19. The first-order chi connectivity index (χ1) is 10.3. The van der Waals surface area contributed by atoms with Crippen molar-refractivity contribution in [3.05, 3.63) is 59.2 Å². The minimum Gasteiger partial charge on any atom is -0.485 e. The van der Waals surface area contributed by atoms with Crippen molar-refractivity contribution in [2.45, 2.75) is 12.5 Å². The molecule has 0 spiro atoms. The van der Waals surface area contributed by atoms with Gasteiger partial charge >= 0.3 is 0 Å². The summed E-state index contributed by atoms with van der Waals surface area (Å²) in [6.45, 7) is 0.550. The van der Waals surface area contributed by atoms with Gasteiger partial charge in [0.2, 0.25) is 0 Å². The summed E-state index contributed by atoms with van der Waals surface area (Å²) in [6, 6.07) is 13.7. The van der Waals surface area contributed by atoms with Crippen LogP contribution in [0.1, 0.15) is 18.1 Å². The first kappa shape index (κ1) is 13.9. The first-order valence-electron chi connectivity index (χ1n) is 6.82. The van der Waals surface area contributed by atoms with Gasteiger partial charge in [0.1, 0.15) is 11.9 Å². The molecule has 0 bridgehead atoms. The highest BCUT2D eigenvalue weighted by Crippen LogP contribution is 2.33. The first-order valence-corrected chi connectivity index (χ1v) is 7.20. The van der Waals surface area contributed by atoms with E-state index in [4.69, 9.17) is 22.1 Å². The largest absolute Gasteiger partial charge is 0.485 e. The molecule has 4 nitrogen and oxygen atoms in total. The lowest BCUT2D eigenvalue weighted by molar-refractivity contribution is 0.200. The molecule has 0 radical (unpaired) electrons. The Labute approximate surface area is 127 Å². The zero-order valence-electron chi connectivity index (χ0n) is 11.4. The highest BCUT2D eigenvalue weighted by molar-refractivity contribution is 6.31. The molecule has 0 saturated carbocycles. The van der Waals surface area contributed by atoms with Crippen LogP contribution in [-0.2, 0) is 0 Å². The van der Waals surface area contributed by atoms with E-state index in [-0.39, 0.29) is 6.10 Å². The van der Waals surface area contributed by atoms with Crippen molar-refractivity contribution in [3.63, 3.8) is 0 Å². The van der Waals surface area contributed by atoms with Gasteiger partial charge in [-0.05, 0) is 24.2 Å². The topological polar surface area (TPSA) is 63.9 Å². The Morgan fingerprint density at radius 1 is 1.24 bits per heavy atom. The molecule has 1 heterocycles. The molecule has 0 aliphatic heterocycles. The normalized spacial score (nSPS) is 12.5. The van der Waals surface area contributed by atoms with E-state index in [2.05, 4.69) is 10.2 Å². The second-order valence-corrected chi connectivity index (χ2v) is 5.27. The number of aromatic amines is 1. The van der Waals surface area contributed by atoms with Crippen LogP contribution < -0.4 is 10.5 Å². The van der Waals surface area contributed by atoms with E-state index >= 15 is 0 Å². The van der Waals surface area contributed by atoms with Gasteiger partial charge < -0.3 is 10.5 Å². The molecule has 3 rings (SSSR count). The average molecular weight is 302 g/mol. The number of benzene rings is 2. The molecule has 2 aromatic carbocycles. The SMILES string of the molecule is NCC[C@@H](Oc1cc(Cl)cc2[nH]ncc12)c1ccccc1. The molecule has 1 aromatic heterocycles. The highest BCUT2D eigenvalue weighted by Gasteiger charge is 2.15. The summed E-state index contributed by atoms with van der Waals surface area (Å²) in [4.78, 5) is 0. The number of nitrogens with zero attached hydrogens (tertiary/aromatic N) is 1. The van der Waals surface area contributed by atoms with Crippen LogP contribution in [0.2, 0.25) is 5.02 Å². The highest BCUT2D eigenvalue weighted by atomic mass is 35.5. The molecule has 5 heteroatoms. The molecular weight excluding hydrogens is 286 g/mol. The van der Waals surface area contributed by atoms with Crippen LogP contribution in [0.15, 0.2) is 48.7 Å². The minimum atomic E-state index is -0.104. The van der Waals surface area contributed by atoms with Crippen molar-refractivity contribution in [3.8, 4) is 5.75 Å². The number of ether oxygens (including phenoxy) is 1. The van der Waals surface area contributed by atoms with Crippen molar-refractivity contribution < 1.29 is 4.74 Å². The Morgan fingerprint density at radius 2 is 2.05 bits per heavy atom. The van der Waals surface area contributed by atoms with Gasteiger partial charge in [0.05, 0.1) is 17.1 Å². The van der Waals surface area contributed by atoms with Gasteiger partial charge in [0, 0.05) is 11.4 Å². The van der Waals surface area contributed by atoms with Crippen LogP contribution in [-0.4, -0.2) is 16.7 Å². The van der Waals surface area contributed by atoms with E-state index in [9.17, 15) is 0 Å². The summed E-state index contributed by atoms with van der Waals surface area (Å²) in [5, 5.41) is 8.47. The van der Waals surface area contributed by atoms with Crippen LogP contribution in [0, 0.1) is 0 Å². The third-order valence-electron chi connectivity index (χ3n) is 3.35. The maximum Gasteiger partial charge on any atom is 0.132 e. The van der Waals surface area contributed by atoms with Crippen molar-refractivity contribution in [2.75, 3.05) is 6.54 Å². The third kappa shape index (κ3) is 3.01. The van der Waals surface area contributed by atoms with Gasteiger partial charge in [-0.3, -0.25) is 5.10 Å². The number of nitrogens with one attached hydrogen (secondary N) is 1. The van der Waals surface area contributed by atoms with Gasteiger partial charge in [-0.15, -0.1) is 0 Å². The fraction of sp³-hybridized carbons (Fsp3) is 0.188. The number of fused-ring (bicyclic) bond motifs is 1. The predicted octanol–water partition coefficient (Wildman–Crippen LogP) is 3.69. The van der Waals surface area contributed by atoms with E-state index in [1.807, 2.05) is 42.5 Å². The Morgan fingerprint density at radius 3 is 2.81 bits per heavy atom. The maximum atomic E-state index is 6.17. The summed E-state index contributed by atoms with van der Waals surface area (Å²) in [7, 11) is 0. The molecule has 0 aliphatic carbocycles. The van der Waals surface area contributed by atoms with E-state index < -0.39 is 0 Å². The fourth-order valence-corrected chi connectivity index (χ4v) is 2.56. The monoisotopic (exact) mass is 301 g/mol.